The van der Waals surface area contributed by atoms with Gasteiger partial charge in [-0.1, -0.05) is 43.7 Å². The van der Waals surface area contributed by atoms with E-state index in [1.54, 1.807) is 0 Å². The average Bonchev–Trinajstić information content (AvgIpc) is 2.28. The van der Waals surface area contributed by atoms with Crippen LogP contribution in [-0.2, 0) is 0 Å². The first kappa shape index (κ1) is 11.8. The van der Waals surface area contributed by atoms with Gasteiger partial charge in [0.15, 0.2) is 0 Å². The Labute approximate surface area is 102 Å². The van der Waals surface area contributed by atoms with Crippen LogP contribution in [0.5, 0.6) is 0 Å². The third-order valence-corrected chi connectivity index (χ3v) is 2.92. The molecule has 1 aromatic rings. The monoisotopic (exact) mass is 230 g/mol. The molecule has 0 saturated carbocycles. The van der Waals surface area contributed by atoms with Crippen LogP contribution in [0.1, 0.15) is 33.3 Å². The molecule has 1 atom stereocenters. The van der Waals surface area contributed by atoms with Gasteiger partial charge in [-0.15, -0.1) is 0 Å². The van der Waals surface area contributed by atoms with Crippen molar-refractivity contribution in [1.29, 1.82) is 0 Å². The largest absolute Gasteiger partial charge is 0.853 e. The van der Waals surface area contributed by atoms with E-state index in [0.717, 1.165) is 11.3 Å². The molecule has 0 bridgehead atoms. The van der Waals surface area contributed by atoms with Gasteiger partial charge in [-0.3, -0.25) is 0 Å². The van der Waals surface area contributed by atoms with Gasteiger partial charge in [-0.2, -0.15) is 0 Å². The van der Waals surface area contributed by atoms with Crippen LogP contribution in [0.25, 0.3) is 0 Å². The van der Waals surface area contributed by atoms with E-state index >= 15 is 0 Å². The van der Waals surface area contributed by atoms with Crippen LogP contribution in [0, 0.1) is 5.41 Å². The Balaban J connectivity index is 2.57. The fourth-order valence-corrected chi connectivity index (χ4v) is 2.07. The van der Waals surface area contributed by atoms with E-state index in [-0.39, 0.29) is 17.4 Å². The summed E-state index contributed by atoms with van der Waals surface area (Å²) in [5, 5.41) is 15.3. The summed E-state index contributed by atoms with van der Waals surface area (Å²) >= 11 is 0. The molecule has 3 nitrogen and oxygen atoms in total. The minimum atomic E-state index is -0.135. The zero-order valence-corrected chi connectivity index (χ0v) is 10.8. The molecular weight excluding hydrogens is 212 g/mol. The molecule has 0 radical (unpaired) electrons. The van der Waals surface area contributed by atoms with E-state index < -0.39 is 0 Å². The first-order valence-corrected chi connectivity index (χ1v) is 5.89. The van der Waals surface area contributed by atoms with Crippen LogP contribution in [0.4, 0.5) is 0 Å². The van der Waals surface area contributed by atoms with Crippen LogP contribution < -0.4 is 5.11 Å². The Morgan fingerprint density at radius 2 is 1.82 bits per heavy atom. The van der Waals surface area contributed by atoms with Crippen molar-refractivity contribution < 1.29 is 9.79 Å². The molecule has 1 unspecified atom stereocenters. The third kappa shape index (κ3) is 2.09. The first-order valence-electron chi connectivity index (χ1n) is 5.89. The number of benzene rings is 1. The number of hydrogen-bond donors (Lipinski definition) is 0. The van der Waals surface area contributed by atoms with E-state index in [0.29, 0.717) is 0 Å². The van der Waals surface area contributed by atoms with Crippen molar-refractivity contribution in [2.24, 2.45) is 10.5 Å². The summed E-state index contributed by atoms with van der Waals surface area (Å²) in [5.74, 6) is -0.0392. The van der Waals surface area contributed by atoms with Gasteiger partial charge in [0.25, 0.3) is 0 Å². The molecule has 0 spiro atoms. The Hall–Kier alpha value is -1.64. The van der Waals surface area contributed by atoms with Crippen molar-refractivity contribution in [2.75, 3.05) is 0 Å². The lowest BCUT2D eigenvalue weighted by atomic mass is 9.85. The highest BCUT2D eigenvalue weighted by atomic mass is 16.3. The van der Waals surface area contributed by atoms with Crippen molar-refractivity contribution in [3.63, 3.8) is 0 Å². The maximum Gasteiger partial charge on any atom is 0.221 e. The highest BCUT2D eigenvalue weighted by molar-refractivity contribution is 6.01. The Morgan fingerprint density at radius 1 is 1.24 bits per heavy atom. The summed E-state index contributed by atoms with van der Waals surface area (Å²) in [6, 6.07) is 9.99. The maximum atomic E-state index is 11.3. The molecule has 0 fully saturated rings. The fraction of sp³-hybridized carbons (Fsp3) is 0.429. The van der Waals surface area contributed by atoms with Crippen molar-refractivity contribution >= 4 is 11.6 Å². The second-order valence-electron chi connectivity index (χ2n) is 5.42. The summed E-state index contributed by atoms with van der Waals surface area (Å²) in [7, 11) is 0. The Bertz CT molecular complexity index is 481. The van der Waals surface area contributed by atoms with E-state index in [2.05, 4.69) is 38.0 Å². The second-order valence-corrected chi connectivity index (χ2v) is 5.42. The number of nitrogens with zero attached hydrogens (tertiary/aromatic N) is 2. The van der Waals surface area contributed by atoms with Crippen molar-refractivity contribution in [2.45, 2.75) is 33.7 Å². The maximum absolute atomic E-state index is 11.3. The average molecular weight is 230 g/mol. The summed E-state index contributed by atoms with van der Waals surface area (Å²) in [4.78, 5) is 0. The van der Waals surface area contributed by atoms with Gasteiger partial charge in [-0.05, 0) is 17.2 Å². The van der Waals surface area contributed by atoms with E-state index in [4.69, 9.17) is 0 Å². The topological polar surface area (TPSA) is 38.4 Å². The zero-order chi connectivity index (χ0) is 12.6. The summed E-state index contributed by atoms with van der Waals surface area (Å²) < 4.78 is 1.84. The predicted molar refractivity (Wildman–Crippen MR) is 67.2 cm³/mol. The Morgan fingerprint density at radius 3 is 2.24 bits per heavy atom. The van der Waals surface area contributed by atoms with Crippen molar-refractivity contribution in [3.05, 3.63) is 35.9 Å². The van der Waals surface area contributed by atoms with Gasteiger partial charge in [-0.25, -0.2) is 0 Å². The molecule has 0 aliphatic carbocycles. The lowest BCUT2D eigenvalue weighted by Crippen LogP contribution is -2.51. The fourth-order valence-electron chi connectivity index (χ4n) is 2.07. The van der Waals surface area contributed by atoms with E-state index in [1.807, 2.05) is 29.8 Å². The molecule has 0 saturated heterocycles. The highest BCUT2D eigenvalue weighted by Crippen LogP contribution is 2.24. The summed E-state index contributed by atoms with van der Waals surface area (Å²) in [5.41, 5.74) is 2.19. The summed E-state index contributed by atoms with van der Waals surface area (Å²) in [6.45, 7) is 8.31. The molecule has 0 N–H and O–H groups in total. The first-order chi connectivity index (χ1) is 7.91. The highest BCUT2D eigenvalue weighted by Gasteiger charge is 2.38. The van der Waals surface area contributed by atoms with Gasteiger partial charge in [0.1, 0.15) is 5.90 Å². The molecule has 1 heterocycles. The molecular formula is C14H18N2O. The van der Waals surface area contributed by atoms with Crippen LogP contribution in [-0.4, -0.2) is 22.3 Å². The van der Waals surface area contributed by atoms with Gasteiger partial charge >= 0.3 is 0 Å². The van der Waals surface area contributed by atoms with E-state index in [9.17, 15) is 5.11 Å². The van der Waals surface area contributed by atoms with Crippen LogP contribution in [0.3, 0.4) is 0 Å². The van der Waals surface area contributed by atoms with Gasteiger partial charge in [0.05, 0.1) is 0 Å². The van der Waals surface area contributed by atoms with Crippen molar-refractivity contribution in [3.8, 4) is 0 Å². The lowest BCUT2D eigenvalue weighted by molar-refractivity contribution is -0.598. The standard InChI is InChI=1S/C14H18N2O/c1-10-13(17)15-16(10)12(14(2,3)4)11-8-6-5-7-9-11/h5-10H,1-4H3. The van der Waals surface area contributed by atoms with Gasteiger partial charge < -0.3 is 5.11 Å². The lowest BCUT2D eigenvalue weighted by Gasteiger charge is -2.27. The number of hydrazone groups is 1. The normalized spacial score (nSPS) is 22.8. The molecule has 17 heavy (non-hydrogen) atoms. The smallest absolute Gasteiger partial charge is 0.221 e. The molecule has 2 rings (SSSR count). The summed E-state index contributed by atoms with van der Waals surface area (Å²) in [6.07, 6.45) is 0. The molecule has 3 heteroatoms. The van der Waals surface area contributed by atoms with Gasteiger partial charge in [0, 0.05) is 17.9 Å². The third-order valence-electron chi connectivity index (χ3n) is 2.92. The Kier molecular flexibility index (Phi) is 2.77. The molecule has 1 aliphatic heterocycles. The van der Waals surface area contributed by atoms with Crippen LogP contribution in [0.15, 0.2) is 35.4 Å². The van der Waals surface area contributed by atoms with Crippen LogP contribution >= 0.6 is 0 Å². The minimum absolute atomic E-state index is 0.0392. The number of rotatable bonds is 1. The number of hydrogen-bond acceptors (Lipinski definition) is 2. The van der Waals surface area contributed by atoms with Gasteiger partial charge in [0.2, 0.25) is 11.8 Å². The molecule has 1 aliphatic rings. The van der Waals surface area contributed by atoms with Crippen LogP contribution in [0.2, 0.25) is 0 Å². The SMILES string of the molecule is CC1C([O-])=N[N+]1=C(c1ccccc1)C(C)(C)C. The zero-order valence-electron chi connectivity index (χ0n) is 10.8. The molecule has 90 valence electrons. The second kappa shape index (κ2) is 3.99. The predicted octanol–water partition coefficient (Wildman–Crippen LogP) is 1.61. The molecule has 0 amide bonds. The molecule has 1 aromatic carbocycles. The minimum Gasteiger partial charge on any atom is -0.853 e. The van der Waals surface area contributed by atoms with E-state index in [1.165, 1.54) is 0 Å². The van der Waals surface area contributed by atoms with Crippen molar-refractivity contribution in [1.82, 2.24) is 0 Å². The molecule has 0 aromatic heterocycles. The quantitative estimate of drug-likeness (QED) is 0.675.